The fraction of sp³-hybridized carbons (Fsp3) is 0.300. The molecule has 0 saturated carbocycles. The Balaban J connectivity index is 2.65. The van der Waals surface area contributed by atoms with Crippen LogP contribution in [-0.2, 0) is 0 Å². The zero-order valence-electron chi connectivity index (χ0n) is 7.93. The van der Waals surface area contributed by atoms with E-state index in [1.165, 1.54) is 0 Å². The summed E-state index contributed by atoms with van der Waals surface area (Å²) in [5.74, 6) is 0.350. The second-order valence-corrected chi connectivity index (χ2v) is 4.19. The third-order valence-electron chi connectivity index (χ3n) is 2.29. The first-order chi connectivity index (χ1) is 6.43. The maximum atomic E-state index is 11.8. The minimum Gasteiger partial charge on any atom is -0.477 e. The van der Waals surface area contributed by atoms with Crippen LogP contribution in [0.3, 0.4) is 0 Å². The minimum atomic E-state index is -0.832. The number of anilines is 1. The summed E-state index contributed by atoms with van der Waals surface area (Å²) < 4.78 is 5.46. The van der Waals surface area contributed by atoms with Crippen LogP contribution in [0.5, 0.6) is 5.75 Å². The molecule has 2 N–H and O–H groups in total. The normalized spacial score (nSPS) is 17.8. The van der Waals surface area contributed by atoms with Gasteiger partial charge in [-0.05, 0) is 26.0 Å². The van der Waals surface area contributed by atoms with E-state index in [9.17, 15) is 4.79 Å². The summed E-state index contributed by atoms with van der Waals surface area (Å²) in [4.78, 5) is 11.8. The Morgan fingerprint density at radius 2 is 2.07 bits per heavy atom. The number of fused-ring (bicyclic) bond motifs is 1. The molecule has 1 aromatic rings. The molecule has 0 bridgehead atoms. The molecule has 0 unspecified atom stereocenters. The Labute approximate surface area is 86.8 Å². The quantitative estimate of drug-likeness (QED) is 0.670. The number of hydrogen-bond acceptors (Lipinski definition) is 3. The lowest BCUT2D eigenvalue weighted by Crippen LogP contribution is -2.32. The molecule has 0 amide bonds. The molecule has 0 radical (unpaired) electrons. The minimum absolute atomic E-state index is 0.0594. The SMILES string of the molecule is CC1(C)Oc2c(ccc(Cl)c2N)C1=O. The maximum Gasteiger partial charge on any atom is 0.209 e. The van der Waals surface area contributed by atoms with Crippen LogP contribution < -0.4 is 10.5 Å². The van der Waals surface area contributed by atoms with Crippen molar-refractivity contribution in [2.24, 2.45) is 0 Å². The number of ketones is 1. The first kappa shape index (κ1) is 9.34. The summed E-state index contributed by atoms with van der Waals surface area (Å²) in [7, 11) is 0. The summed E-state index contributed by atoms with van der Waals surface area (Å²) in [6.07, 6.45) is 0. The van der Waals surface area contributed by atoms with Gasteiger partial charge in [0.1, 0.15) is 0 Å². The monoisotopic (exact) mass is 211 g/mol. The van der Waals surface area contributed by atoms with Gasteiger partial charge in [-0.3, -0.25) is 4.79 Å². The van der Waals surface area contributed by atoms with Crippen molar-refractivity contribution in [2.45, 2.75) is 19.4 Å². The van der Waals surface area contributed by atoms with Gasteiger partial charge in [-0.2, -0.15) is 0 Å². The Morgan fingerprint density at radius 3 is 2.71 bits per heavy atom. The molecule has 1 aromatic carbocycles. The molecule has 1 aliphatic heterocycles. The average Bonchev–Trinajstić information content (AvgIpc) is 2.33. The third-order valence-corrected chi connectivity index (χ3v) is 2.62. The molecule has 3 nitrogen and oxygen atoms in total. The molecule has 14 heavy (non-hydrogen) atoms. The van der Waals surface area contributed by atoms with Crippen LogP contribution in [0.4, 0.5) is 5.69 Å². The Hall–Kier alpha value is -1.22. The van der Waals surface area contributed by atoms with Gasteiger partial charge < -0.3 is 10.5 Å². The van der Waals surface area contributed by atoms with Crippen LogP contribution in [0.25, 0.3) is 0 Å². The van der Waals surface area contributed by atoms with E-state index in [-0.39, 0.29) is 5.78 Å². The zero-order chi connectivity index (χ0) is 10.5. The van der Waals surface area contributed by atoms with Crippen LogP contribution >= 0.6 is 11.6 Å². The molecular weight excluding hydrogens is 202 g/mol. The van der Waals surface area contributed by atoms with Crippen molar-refractivity contribution in [3.05, 3.63) is 22.7 Å². The molecule has 74 valence electrons. The third kappa shape index (κ3) is 1.09. The molecule has 0 atom stereocenters. The van der Waals surface area contributed by atoms with Crippen LogP contribution in [0.1, 0.15) is 24.2 Å². The van der Waals surface area contributed by atoms with Gasteiger partial charge in [0.05, 0.1) is 16.3 Å². The second kappa shape index (κ2) is 2.64. The van der Waals surface area contributed by atoms with Gasteiger partial charge in [0, 0.05) is 0 Å². The highest BCUT2D eigenvalue weighted by Gasteiger charge is 2.41. The highest BCUT2D eigenvalue weighted by Crippen LogP contribution is 2.42. The predicted molar refractivity (Wildman–Crippen MR) is 54.9 cm³/mol. The van der Waals surface area contributed by atoms with Crippen LogP contribution in [0.15, 0.2) is 12.1 Å². The van der Waals surface area contributed by atoms with E-state index in [1.54, 1.807) is 26.0 Å². The Morgan fingerprint density at radius 1 is 1.43 bits per heavy atom. The van der Waals surface area contributed by atoms with E-state index in [0.717, 1.165) is 0 Å². The van der Waals surface area contributed by atoms with Crippen LogP contribution in [0.2, 0.25) is 5.02 Å². The van der Waals surface area contributed by atoms with Gasteiger partial charge >= 0.3 is 0 Å². The molecule has 4 heteroatoms. The molecule has 0 aliphatic carbocycles. The van der Waals surface area contributed by atoms with E-state index >= 15 is 0 Å². The lowest BCUT2D eigenvalue weighted by Gasteiger charge is -2.15. The predicted octanol–water partition coefficient (Wildman–Crippen LogP) is 2.28. The molecule has 0 fully saturated rings. The number of carbonyl (C=O) groups excluding carboxylic acids is 1. The summed E-state index contributed by atoms with van der Waals surface area (Å²) in [5.41, 5.74) is 5.72. The van der Waals surface area contributed by atoms with Crippen molar-refractivity contribution in [3.8, 4) is 5.75 Å². The summed E-state index contributed by atoms with van der Waals surface area (Å²) >= 11 is 5.82. The van der Waals surface area contributed by atoms with E-state index in [2.05, 4.69) is 0 Å². The molecule has 1 heterocycles. The molecule has 1 aliphatic rings. The van der Waals surface area contributed by atoms with Crippen molar-refractivity contribution in [3.63, 3.8) is 0 Å². The van der Waals surface area contributed by atoms with E-state index in [1.807, 2.05) is 0 Å². The van der Waals surface area contributed by atoms with Gasteiger partial charge in [0.2, 0.25) is 5.78 Å². The van der Waals surface area contributed by atoms with Crippen LogP contribution in [0, 0.1) is 0 Å². The summed E-state index contributed by atoms with van der Waals surface area (Å²) in [6.45, 7) is 3.42. The van der Waals surface area contributed by atoms with Gasteiger partial charge in [-0.1, -0.05) is 11.6 Å². The number of halogens is 1. The van der Waals surface area contributed by atoms with Crippen molar-refractivity contribution >= 4 is 23.1 Å². The van der Waals surface area contributed by atoms with Crippen molar-refractivity contribution in [1.82, 2.24) is 0 Å². The smallest absolute Gasteiger partial charge is 0.209 e. The standard InChI is InChI=1S/C10H10ClNO2/c1-10(2)9(13)5-3-4-6(11)7(12)8(5)14-10/h3-4H,12H2,1-2H3. The van der Waals surface area contributed by atoms with Crippen LogP contribution in [-0.4, -0.2) is 11.4 Å². The molecule has 0 spiro atoms. The number of nitrogens with two attached hydrogens (primary N) is 1. The molecular formula is C10H10ClNO2. The summed E-state index contributed by atoms with van der Waals surface area (Å²) in [5, 5.41) is 0.411. The van der Waals surface area contributed by atoms with E-state index in [4.69, 9.17) is 22.1 Å². The van der Waals surface area contributed by atoms with Gasteiger partial charge in [0.25, 0.3) is 0 Å². The number of carbonyl (C=O) groups is 1. The summed E-state index contributed by atoms with van der Waals surface area (Å²) in [6, 6.07) is 3.25. The number of nitrogen functional groups attached to an aromatic ring is 1. The number of benzene rings is 1. The Kier molecular flexibility index (Phi) is 1.76. The first-order valence-electron chi connectivity index (χ1n) is 4.25. The van der Waals surface area contributed by atoms with Crippen molar-refractivity contribution < 1.29 is 9.53 Å². The lowest BCUT2D eigenvalue weighted by atomic mass is 10.00. The molecule has 0 aromatic heterocycles. The largest absolute Gasteiger partial charge is 0.477 e. The zero-order valence-corrected chi connectivity index (χ0v) is 8.68. The number of hydrogen-bond donors (Lipinski definition) is 1. The number of rotatable bonds is 0. The second-order valence-electron chi connectivity index (χ2n) is 3.78. The maximum absolute atomic E-state index is 11.8. The lowest BCUT2D eigenvalue weighted by molar-refractivity contribution is 0.0686. The highest BCUT2D eigenvalue weighted by molar-refractivity contribution is 6.34. The fourth-order valence-corrected chi connectivity index (χ4v) is 1.64. The molecule has 2 rings (SSSR count). The first-order valence-corrected chi connectivity index (χ1v) is 4.63. The highest BCUT2D eigenvalue weighted by atomic mass is 35.5. The van der Waals surface area contributed by atoms with Gasteiger partial charge in [-0.25, -0.2) is 0 Å². The van der Waals surface area contributed by atoms with Crippen molar-refractivity contribution in [2.75, 3.05) is 5.73 Å². The topological polar surface area (TPSA) is 52.3 Å². The number of Topliss-reactive ketones (excluding diaryl/α,β-unsaturated/α-hetero) is 1. The van der Waals surface area contributed by atoms with E-state index < -0.39 is 5.60 Å². The molecule has 0 saturated heterocycles. The van der Waals surface area contributed by atoms with E-state index in [0.29, 0.717) is 22.0 Å². The number of ether oxygens (including phenoxy) is 1. The van der Waals surface area contributed by atoms with Crippen molar-refractivity contribution in [1.29, 1.82) is 0 Å². The average molecular weight is 212 g/mol. The Bertz CT molecular complexity index is 426. The fourth-order valence-electron chi connectivity index (χ4n) is 1.49. The van der Waals surface area contributed by atoms with Gasteiger partial charge in [-0.15, -0.1) is 0 Å². The van der Waals surface area contributed by atoms with Gasteiger partial charge in [0.15, 0.2) is 11.4 Å².